The average Bonchev–Trinajstić information content (AvgIpc) is 3.40. The summed E-state index contributed by atoms with van der Waals surface area (Å²) in [5.74, 6) is 0.367. The van der Waals surface area contributed by atoms with Crippen molar-refractivity contribution in [2.45, 2.75) is 96.1 Å². The van der Waals surface area contributed by atoms with Gasteiger partial charge in [0.25, 0.3) is 0 Å². The van der Waals surface area contributed by atoms with Gasteiger partial charge in [-0.3, -0.25) is 48.6 Å². The fourth-order valence-electron chi connectivity index (χ4n) is 9.95. The van der Waals surface area contributed by atoms with Crippen LogP contribution in [0, 0.1) is 23.7 Å². The van der Waals surface area contributed by atoms with Crippen LogP contribution in [0.15, 0.2) is 42.7 Å². The first-order valence-corrected chi connectivity index (χ1v) is 27.1. The van der Waals surface area contributed by atoms with E-state index in [0.717, 1.165) is 75.6 Å². The molecule has 4 heterocycles. The predicted octanol–water partition coefficient (Wildman–Crippen LogP) is -2.67. The number of carbonyl (C=O) groups is 8. The Hall–Kier alpha value is -6.51. The molecule has 0 radical (unpaired) electrons. The second-order valence-corrected chi connectivity index (χ2v) is 20.4. The van der Waals surface area contributed by atoms with E-state index in [-0.39, 0.29) is 83.0 Å². The number of aliphatic carboxylic acids is 4. The second kappa shape index (κ2) is 32.9. The molecule has 0 bridgehead atoms. The number of hydrogen-bond donors (Lipinski definition) is 5. The molecule has 77 heavy (non-hydrogen) atoms. The SMILES string of the molecule is CC(C(=O)NCC(=O)NCCCCCCc1ccc(C#Cc2cncc([C@H](CC(=O)O)NC(=O)[C@@H]3CCCN(C(=O)CCC4CCNCC4)C3)c2)cc1)N1CCN(CC(=O)[O-])CCN(CC(=O)[O-])CCN(CC(=O)[O-])CC1. The van der Waals surface area contributed by atoms with Gasteiger partial charge in [-0.2, -0.15) is 0 Å². The van der Waals surface area contributed by atoms with Crippen molar-refractivity contribution in [2.75, 3.05) is 111 Å². The van der Waals surface area contributed by atoms with Crippen molar-refractivity contribution < 1.29 is 58.8 Å². The van der Waals surface area contributed by atoms with E-state index in [1.165, 1.54) is 0 Å². The number of amides is 4. The molecule has 0 spiro atoms. The summed E-state index contributed by atoms with van der Waals surface area (Å²) in [5, 5.41) is 55.9. The van der Waals surface area contributed by atoms with Crippen LogP contribution in [-0.2, 0) is 44.8 Å². The highest BCUT2D eigenvalue weighted by Crippen LogP contribution is 2.24. The highest BCUT2D eigenvalue weighted by Gasteiger charge is 2.31. The summed E-state index contributed by atoms with van der Waals surface area (Å²) >= 11 is 0. The lowest BCUT2D eigenvalue weighted by molar-refractivity contribution is -0.308. The van der Waals surface area contributed by atoms with Crippen LogP contribution in [-0.4, -0.2) is 199 Å². The fraction of sp³-hybridized carbons (Fsp3) is 0.618. The van der Waals surface area contributed by atoms with Gasteiger partial charge in [-0.15, -0.1) is 0 Å². The number of pyridine rings is 1. The van der Waals surface area contributed by atoms with Gasteiger partial charge in [0.2, 0.25) is 23.6 Å². The van der Waals surface area contributed by atoms with E-state index < -0.39 is 67.4 Å². The van der Waals surface area contributed by atoms with Gasteiger partial charge in [0.1, 0.15) is 0 Å². The summed E-state index contributed by atoms with van der Waals surface area (Å²) in [7, 11) is 0. The monoisotopic (exact) mass is 1070 g/mol. The molecule has 5 N–H and O–H groups in total. The van der Waals surface area contributed by atoms with E-state index in [2.05, 4.69) is 38.1 Å². The van der Waals surface area contributed by atoms with Gasteiger partial charge in [-0.05, 0) is 107 Å². The van der Waals surface area contributed by atoms with Crippen LogP contribution in [0.3, 0.4) is 0 Å². The third kappa shape index (κ3) is 23.3. The van der Waals surface area contributed by atoms with E-state index in [1.807, 2.05) is 24.3 Å². The number of likely N-dealkylation sites (tertiary alicyclic amines) is 1. The van der Waals surface area contributed by atoms with E-state index in [9.17, 15) is 58.8 Å². The van der Waals surface area contributed by atoms with E-state index in [4.69, 9.17) is 0 Å². The Labute approximate surface area is 451 Å². The Bertz CT molecular complexity index is 2310. The van der Waals surface area contributed by atoms with Crippen molar-refractivity contribution in [1.82, 2.24) is 50.8 Å². The van der Waals surface area contributed by atoms with E-state index in [0.29, 0.717) is 55.9 Å². The lowest BCUT2D eigenvalue weighted by Gasteiger charge is -2.36. The Balaban J connectivity index is 1.00. The molecule has 1 unspecified atom stereocenters. The minimum absolute atomic E-state index is 0.0701. The summed E-state index contributed by atoms with van der Waals surface area (Å²) in [6.45, 7) is 5.04. The molecule has 4 amide bonds. The predicted molar refractivity (Wildman–Crippen MR) is 277 cm³/mol. The maximum Gasteiger partial charge on any atom is 0.305 e. The summed E-state index contributed by atoms with van der Waals surface area (Å²) in [6, 6.07) is 8.09. The minimum atomic E-state index is -1.32. The summed E-state index contributed by atoms with van der Waals surface area (Å²) in [5.41, 5.74) is 3.03. The van der Waals surface area contributed by atoms with Gasteiger partial charge >= 0.3 is 5.97 Å². The first-order valence-electron chi connectivity index (χ1n) is 27.1. The van der Waals surface area contributed by atoms with Gasteiger partial charge in [0.15, 0.2) is 0 Å². The molecule has 422 valence electrons. The standard InChI is InChI=1S/C55H80N10O12/c1-40(64-29-27-62(38-52(72)73)25-23-61(37-51(70)71)24-26-63(28-30-64)39-53(74)75)54(76)59-35-48(66)58-19-5-3-2-4-7-41-9-11-42(12-10-41)13-14-44-31-46(34-57-33-44)47(32-50(68)69)60-55(77)45-8-6-22-65(36-45)49(67)16-15-43-17-20-56-21-18-43/h9-12,31,33-34,40,43,45,47,56H,2-8,15-30,32,35-39H2,1H3,(H,58,66)(H,59,76)(H,60,77)(H,68,69)(H,70,71)(H,72,73)(H,74,75)/p-3/t40?,45-,47+/m1/s1. The van der Waals surface area contributed by atoms with E-state index >= 15 is 0 Å². The molecular weight excluding hydrogens is 993 g/mol. The zero-order valence-electron chi connectivity index (χ0n) is 44.5. The number of nitrogens with one attached hydrogen (secondary N) is 4. The molecule has 5 rings (SSSR count). The average molecular weight is 1070 g/mol. The highest BCUT2D eigenvalue weighted by atomic mass is 16.4. The molecule has 3 saturated heterocycles. The van der Waals surface area contributed by atoms with Crippen molar-refractivity contribution in [3.8, 4) is 11.8 Å². The molecular formula is C55H77N10O12-3. The Morgan fingerprint density at radius 3 is 1.95 bits per heavy atom. The summed E-state index contributed by atoms with van der Waals surface area (Å²) < 4.78 is 0. The number of aryl methyl sites for hydroxylation is 1. The second-order valence-electron chi connectivity index (χ2n) is 20.4. The molecule has 3 atom stereocenters. The number of rotatable bonds is 25. The maximum absolute atomic E-state index is 13.5. The quantitative estimate of drug-likeness (QED) is 0.0500. The molecule has 0 saturated carbocycles. The van der Waals surface area contributed by atoms with Crippen LogP contribution in [0.5, 0.6) is 0 Å². The number of unbranched alkanes of at least 4 members (excludes halogenated alkanes) is 3. The number of benzene rings is 1. The number of hydrogen-bond acceptors (Lipinski definition) is 17. The number of carboxylic acids is 4. The molecule has 3 fully saturated rings. The van der Waals surface area contributed by atoms with Gasteiger partial charge < -0.3 is 61.0 Å². The number of aromatic nitrogens is 1. The van der Waals surface area contributed by atoms with Gasteiger partial charge in [-0.1, -0.05) is 36.8 Å². The summed E-state index contributed by atoms with van der Waals surface area (Å²) in [4.78, 5) is 111. The number of carboxylic acid groups (broad SMARTS) is 4. The van der Waals surface area contributed by atoms with Gasteiger partial charge in [0.05, 0.1) is 48.9 Å². The fourth-order valence-corrected chi connectivity index (χ4v) is 9.95. The molecule has 3 aliphatic heterocycles. The normalized spacial score (nSPS) is 18.5. The smallest absolute Gasteiger partial charge is 0.305 e. The van der Waals surface area contributed by atoms with E-state index in [1.54, 1.807) is 49.9 Å². The number of carbonyl (C=O) groups excluding carboxylic acids is 7. The first kappa shape index (κ1) is 61.3. The number of nitrogens with zero attached hydrogens (tertiary/aromatic N) is 6. The van der Waals surface area contributed by atoms with Crippen LogP contribution < -0.4 is 36.6 Å². The third-order valence-electron chi connectivity index (χ3n) is 14.5. The lowest BCUT2D eigenvalue weighted by atomic mass is 9.92. The molecule has 1 aromatic carbocycles. The molecule has 22 nitrogen and oxygen atoms in total. The Morgan fingerprint density at radius 1 is 0.740 bits per heavy atom. The zero-order chi connectivity index (χ0) is 55.5. The van der Waals surface area contributed by atoms with Crippen molar-refractivity contribution in [3.05, 3.63) is 65.0 Å². The van der Waals surface area contributed by atoms with Crippen LogP contribution in [0.1, 0.15) is 106 Å². The van der Waals surface area contributed by atoms with Crippen molar-refractivity contribution in [3.63, 3.8) is 0 Å². The minimum Gasteiger partial charge on any atom is -0.549 e. The topological polar surface area (TPSA) is 303 Å². The maximum atomic E-state index is 13.5. The lowest BCUT2D eigenvalue weighted by Crippen LogP contribution is -2.54. The molecule has 2 aromatic rings. The van der Waals surface area contributed by atoms with Gasteiger partial charge in [0, 0.05) is 122 Å². The molecule has 1 aromatic heterocycles. The molecule has 3 aliphatic rings. The highest BCUT2D eigenvalue weighted by molar-refractivity contribution is 5.87. The van der Waals surface area contributed by atoms with Crippen molar-refractivity contribution in [2.24, 2.45) is 11.8 Å². The Morgan fingerprint density at radius 2 is 1.34 bits per heavy atom. The Kier molecular flexibility index (Phi) is 26.2. The number of piperidine rings is 2. The van der Waals surface area contributed by atoms with Gasteiger partial charge in [-0.25, -0.2) is 0 Å². The van der Waals surface area contributed by atoms with Crippen molar-refractivity contribution in [1.29, 1.82) is 0 Å². The largest absolute Gasteiger partial charge is 0.549 e. The molecule has 22 heteroatoms. The van der Waals surface area contributed by atoms with Crippen LogP contribution >= 0.6 is 0 Å². The zero-order valence-corrected chi connectivity index (χ0v) is 44.5. The summed E-state index contributed by atoms with van der Waals surface area (Å²) in [6.07, 6.45) is 11.9. The van der Waals surface area contributed by atoms with Crippen LogP contribution in [0.4, 0.5) is 0 Å². The van der Waals surface area contributed by atoms with Crippen molar-refractivity contribution >= 4 is 47.5 Å². The third-order valence-corrected chi connectivity index (χ3v) is 14.5. The first-order chi connectivity index (χ1) is 37.0. The molecule has 0 aliphatic carbocycles. The van der Waals surface area contributed by atoms with Crippen LogP contribution in [0.25, 0.3) is 0 Å². The van der Waals surface area contributed by atoms with Crippen LogP contribution in [0.2, 0.25) is 0 Å².